The van der Waals surface area contributed by atoms with E-state index in [0.717, 1.165) is 15.7 Å². The molecule has 3 nitrogen and oxygen atoms in total. The molecular formula is C12H12BrNO2S. The van der Waals surface area contributed by atoms with Crippen molar-refractivity contribution >= 4 is 27.3 Å². The fourth-order valence-electron chi connectivity index (χ4n) is 1.44. The highest BCUT2D eigenvalue weighted by Crippen LogP contribution is 2.29. The number of ether oxygens (including phenoxy) is 1. The number of nitrogens with zero attached hydrogens (tertiary/aromatic N) is 1. The summed E-state index contributed by atoms with van der Waals surface area (Å²) in [4.78, 5) is 4.15. The molecule has 0 saturated heterocycles. The zero-order valence-electron chi connectivity index (χ0n) is 9.26. The molecule has 0 fully saturated rings. The Balaban J connectivity index is 2.16. The molecular weight excluding hydrogens is 302 g/mol. The smallest absolute Gasteiger partial charge is 0.131 e. The van der Waals surface area contributed by atoms with Gasteiger partial charge in [-0.2, -0.15) is 0 Å². The van der Waals surface area contributed by atoms with Crippen molar-refractivity contribution in [1.29, 1.82) is 0 Å². The average Bonchev–Trinajstić information content (AvgIpc) is 2.78. The van der Waals surface area contributed by atoms with Gasteiger partial charge >= 0.3 is 0 Å². The van der Waals surface area contributed by atoms with Crippen LogP contribution in [0.3, 0.4) is 0 Å². The molecule has 0 saturated carbocycles. The molecule has 2 aromatic rings. The monoisotopic (exact) mass is 313 g/mol. The number of rotatable bonds is 4. The highest BCUT2D eigenvalue weighted by atomic mass is 79.9. The standard InChI is InChI=1S/C12H12BrNO2S/c1-8(15)11-3-2-9(13)4-12(11)16-5-10-6-17-7-14-10/h2-4,6-8,15H,5H2,1H3/t8-/m0/s1. The summed E-state index contributed by atoms with van der Waals surface area (Å²) < 4.78 is 6.60. The van der Waals surface area contributed by atoms with Gasteiger partial charge in [-0.25, -0.2) is 4.98 Å². The maximum absolute atomic E-state index is 9.64. The second kappa shape index (κ2) is 5.62. The maximum atomic E-state index is 9.64. The van der Waals surface area contributed by atoms with E-state index in [9.17, 15) is 5.11 Å². The number of halogens is 1. The van der Waals surface area contributed by atoms with E-state index in [0.29, 0.717) is 12.4 Å². The van der Waals surface area contributed by atoms with Crippen molar-refractivity contribution in [1.82, 2.24) is 4.98 Å². The summed E-state index contributed by atoms with van der Waals surface area (Å²) in [5.74, 6) is 0.683. The van der Waals surface area contributed by atoms with Crippen LogP contribution in [-0.2, 0) is 6.61 Å². The van der Waals surface area contributed by atoms with Crippen LogP contribution in [0.2, 0.25) is 0 Å². The van der Waals surface area contributed by atoms with E-state index >= 15 is 0 Å². The minimum absolute atomic E-state index is 0.416. The molecule has 0 amide bonds. The Morgan fingerprint density at radius 3 is 3.00 bits per heavy atom. The molecule has 0 unspecified atom stereocenters. The van der Waals surface area contributed by atoms with Crippen LogP contribution in [0.4, 0.5) is 0 Å². The van der Waals surface area contributed by atoms with Crippen molar-refractivity contribution < 1.29 is 9.84 Å². The first-order valence-electron chi connectivity index (χ1n) is 5.14. The molecule has 90 valence electrons. The first-order valence-corrected chi connectivity index (χ1v) is 6.88. The molecule has 0 aliphatic heterocycles. The number of thiazole rings is 1. The predicted octanol–water partition coefficient (Wildman–Crippen LogP) is 3.54. The quantitative estimate of drug-likeness (QED) is 0.938. The molecule has 0 aliphatic rings. The molecule has 1 aromatic heterocycles. The van der Waals surface area contributed by atoms with E-state index in [1.807, 2.05) is 23.6 Å². The Hall–Kier alpha value is -0.910. The summed E-state index contributed by atoms with van der Waals surface area (Å²) in [5, 5.41) is 11.6. The predicted molar refractivity (Wildman–Crippen MR) is 71.2 cm³/mol. The number of aliphatic hydroxyl groups is 1. The fourth-order valence-corrected chi connectivity index (χ4v) is 2.32. The molecule has 0 spiro atoms. The van der Waals surface area contributed by atoms with Gasteiger partial charge in [0.1, 0.15) is 12.4 Å². The lowest BCUT2D eigenvalue weighted by atomic mass is 10.1. The van der Waals surface area contributed by atoms with E-state index < -0.39 is 6.10 Å². The van der Waals surface area contributed by atoms with Crippen molar-refractivity contribution in [3.05, 3.63) is 44.8 Å². The first-order chi connectivity index (χ1) is 8.16. The largest absolute Gasteiger partial charge is 0.487 e. The molecule has 0 bridgehead atoms. The Bertz CT molecular complexity index is 485. The van der Waals surface area contributed by atoms with Gasteiger partial charge in [0.05, 0.1) is 17.3 Å². The van der Waals surface area contributed by atoms with Crippen LogP contribution in [-0.4, -0.2) is 10.1 Å². The van der Waals surface area contributed by atoms with Crippen LogP contribution in [0, 0.1) is 0 Å². The van der Waals surface area contributed by atoms with Crippen molar-refractivity contribution in [2.45, 2.75) is 19.6 Å². The molecule has 17 heavy (non-hydrogen) atoms. The van der Waals surface area contributed by atoms with Gasteiger partial charge in [-0.1, -0.05) is 22.0 Å². The van der Waals surface area contributed by atoms with E-state index in [2.05, 4.69) is 20.9 Å². The summed E-state index contributed by atoms with van der Waals surface area (Å²) >= 11 is 4.93. The van der Waals surface area contributed by atoms with Crippen molar-refractivity contribution in [2.24, 2.45) is 0 Å². The van der Waals surface area contributed by atoms with Gasteiger partial charge in [0.15, 0.2) is 0 Å². The van der Waals surface area contributed by atoms with Gasteiger partial charge in [-0.05, 0) is 19.1 Å². The van der Waals surface area contributed by atoms with Gasteiger partial charge < -0.3 is 9.84 Å². The second-order valence-corrected chi connectivity index (χ2v) is 5.26. The Morgan fingerprint density at radius 1 is 1.53 bits per heavy atom. The van der Waals surface area contributed by atoms with Crippen molar-refractivity contribution in [2.75, 3.05) is 0 Å². The molecule has 2 rings (SSSR count). The Labute approximate surface area is 112 Å². The Kier molecular flexibility index (Phi) is 4.15. The van der Waals surface area contributed by atoms with Gasteiger partial charge in [-0.15, -0.1) is 11.3 Å². The van der Waals surface area contributed by atoms with E-state index in [1.165, 1.54) is 11.3 Å². The second-order valence-electron chi connectivity index (χ2n) is 3.63. The molecule has 1 atom stereocenters. The van der Waals surface area contributed by atoms with Gasteiger partial charge in [0.2, 0.25) is 0 Å². The van der Waals surface area contributed by atoms with Gasteiger partial charge in [0, 0.05) is 15.4 Å². The molecule has 0 aliphatic carbocycles. The number of benzene rings is 1. The third-order valence-electron chi connectivity index (χ3n) is 2.28. The van der Waals surface area contributed by atoms with Crippen LogP contribution < -0.4 is 4.74 Å². The number of hydrogen-bond donors (Lipinski definition) is 1. The third kappa shape index (κ3) is 3.28. The lowest BCUT2D eigenvalue weighted by Gasteiger charge is -2.13. The summed E-state index contributed by atoms with van der Waals surface area (Å²) in [6.45, 7) is 2.14. The summed E-state index contributed by atoms with van der Waals surface area (Å²) in [6, 6.07) is 5.59. The third-order valence-corrected chi connectivity index (χ3v) is 3.41. The maximum Gasteiger partial charge on any atom is 0.131 e. The summed E-state index contributed by atoms with van der Waals surface area (Å²) in [7, 11) is 0. The van der Waals surface area contributed by atoms with Crippen molar-refractivity contribution in [3.8, 4) is 5.75 Å². The van der Waals surface area contributed by atoms with Crippen LogP contribution >= 0.6 is 27.3 Å². The fraction of sp³-hybridized carbons (Fsp3) is 0.250. The molecule has 1 N–H and O–H groups in total. The zero-order chi connectivity index (χ0) is 12.3. The SMILES string of the molecule is C[C@H](O)c1ccc(Br)cc1OCc1cscn1. The molecule has 5 heteroatoms. The normalized spacial score (nSPS) is 12.4. The molecule has 0 radical (unpaired) electrons. The van der Waals surface area contributed by atoms with E-state index in [4.69, 9.17) is 4.74 Å². The highest BCUT2D eigenvalue weighted by molar-refractivity contribution is 9.10. The number of aromatic nitrogens is 1. The molecule has 1 aromatic carbocycles. The van der Waals surface area contributed by atoms with Crippen LogP contribution in [0.25, 0.3) is 0 Å². The average molecular weight is 314 g/mol. The van der Waals surface area contributed by atoms with Crippen LogP contribution in [0.15, 0.2) is 33.6 Å². The zero-order valence-corrected chi connectivity index (χ0v) is 11.7. The topological polar surface area (TPSA) is 42.4 Å². The van der Waals surface area contributed by atoms with Crippen LogP contribution in [0.1, 0.15) is 24.3 Å². The lowest BCUT2D eigenvalue weighted by molar-refractivity contribution is 0.190. The Morgan fingerprint density at radius 2 is 2.35 bits per heavy atom. The summed E-state index contributed by atoms with van der Waals surface area (Å²) in [5.41, 5.74) is 3.45. The minimum atomic E-state index is -0.548. The minimum Gasteiger partial charge on any atom is -0.487 e. The first kappa shape index (κ1) is 12.5. The number of hydrogen-bond acceptors (Lipinski definition) is 4. The van der Waals surface area contributed by atoms with Gasteiger partial charge in [0.25, 0.3) is 0 Å². The van der Waals surface area contributed by atoms with E-state index in [-0.39, 0.29) is 0 Å². The highest BCUT2D eigenvalue weighted by Gasteiger charge is 2.10. The van der Waals surface area contributed by atoms with Crippen LogP contribution in [0.5, 0.6) is 5.75 Å². The van der Waals surface area contributed by atoms with E-state index in [1.54, 1.807) is 12.4 Å². The van der Waals surface area contributed by atoms with Crippen molar-refractivity contribution in [3.63, 3.8) is 0 Å². The number of aliphatic hydroxyl groups excluding tert-OH is 1. The molecule has 1 heterocycles. The lowest BCUT2D eigenvalue weighted by Crippen LogP contribution is -2.01. The summed E-state index contributed by atoms with van der Waals surface area (Å²) in [6.07, 6.45) is -0.548. The van der Waals surface area contributed by atoms with Gasteiger partial charge in [-0.3, -0.25) is 0 Å².